The first-order valence-electron chi connectivity index (χ1n) is 8.37. The number of benzene rings is 1. The van der Waals surface area contributed by atoms with Gasteiger partial charge < -0.3 is 4.90 Å². The summed E-state index contributed by atoms with van der Waals surface area (Å²) in [6.45, 7) is 4.78. The Bertz CT molecular complexity index is 904. The first-order valence-corrected chi connectivity index (χ1v) is 10.1. The molecule has 0 unspecified atom stereocenters. The van der Waals surface area contributed by atoms with Gasteiger partial charge in [-0.05, 0) is 23.6 Å². The fourth-order valence-corrected chi connectivity index (χ4v) is 3.90. The molecular formula is C20H19N3O2S2. The second-order valence-corrected chi connectivity index (χ2v) is 7.67. The van der Waals surface area contributed by atoms with Gasteiger partial charge in [-0.2, -0.15) is 0 Å². The number of carbonyl (C=O) groups is 2. The van der Waals surface area contributed by atoms with Crippen LogP contribution >= 0.6 is 22.7 Å². The van der Waals surface area contributed by atoms with Gasteiger partial charge in [0.05, 0.1) is 18.7 Å². The molecule has 0 aliphatic heterocycles. The molecule has 7 heteroatoms. The highest BCUT2D eigenvalue weighted by Crippen LogP contribution is 2.18. The average Bonchev–Trinajstić information content (AvgIpc) is 3.34. The first-order chi connectivity index (χ1) is 13.2. The van der Waals surface area contributed by atoms with Crippen molar-refractivity contribution in [1.29, 1.82) is 0 Å². The Morgan fingerprint density at radius 3 is 2.67 bits per heavy atom. The fraction of sp³-hybridized carbons (Fsp3) is 0.150. The lowest BCUT2D eigenvalue weighted by Gasteiger charge is -2.20. The molecule has 2 heterocycles. The second kappa shape index (κ2) is 9.25. The summed E-state index contributed by atoms with van der Waals surface area (Å²) in [6.07, 6.45) is 1.91. The Balaban J connectivity index is 1.61. The van der Waals surface area contributed by atoms with Crippen molar-refractivity contribution < 1.29 is 9.59 Å². The molecule has 0 saturated heterocycles. The van der Waals surface area contributed by atoms with Crippen molar-refractivity contribution >= 4 is 39.6 Å². The van der Waals surface area contributed by atoms with Gasteiger partial charge in [0.15, 0.2) is 5.13 Å². The Morgan fingerprint density at radius 2 is 1.96 bits per heavy atom. The summed E-state index contributed by atoms with van der Waals surface area (Å²) >= 11 is 2.93. The van der Waals surface area contributed by atoms with Crippen LogP contribution in [0.15, 0.2) is 65.9 Å². The number of nitrogens with zero attached hydrogens (tertiary/aromatic N) is 2. The number of nitrogens with one attached hydrogen (secondary N) is 1. The number of aromatic nitrogens is 1. The highest BCUT2D eigenvalue weighted by molar-refractivity contribution is 7.14. The van der Waals surface area contributed by atoms with Gasteiger partial charge in [0.25, 0.3) is 5.91 Å². The number of amides is 2. The van der Waals surface area contributed by atoms with E-state index in [2.05, 4.69) is 16.9 Å². The zero-order valence-electron chi connectivity index (χ0n) is 14.6. The summed E-state index contributed by atoms with van der Waals surface area (Å²) in [5, 5.41) is 7.05. The van der Waals surface area contributed by atoms with Gasteiger partial charge in [-0.1, -0.05) is 30.3 Å². The molecule has 0 aliphatic rings. The minimum Gasteiger partial charge on any atom is -0.334 e. The lowest BCUT2D eigenvalue weighted by Crippen LogP contribution is -2.31. The van der Waals surface area contributed by atoms with Crippen LogP contribution in [0.4, 0.5) is 5.13 Å². The molecule has 0 aliphatic carbocycles. The number of anilines is 1. The van der Waals surface area contributed by atoms with E-state index in [9.17, 15) is 9.59 Å². The normalized spacial score (nSPS) is 10.4. The van der Waals surface area contributed by atoms with Gasteiger partial charge in [-0.25, -0.2) is 4.98 Å². The average molecular weight is 398 g/mol. The summed E-state index contributed by atoms with van der Waals surface area (Å²) in [5.74, 6) is -0.233. The summed E-state index contributed by atoms with van der Waals surface area (Å²) in [5.41, 5.74) is 1.21. The molecule has 0 atom stereocenters. The molecule has 138 valence electrons. The van der Waals surface area contributed by atoms with Crippen molar-refractivity contribution in [2.45, 2.75) is 13.0 Å². The molecule has 5 nitrogen and oxygen atoms in total. The third kappa shape index (κ3) is 5.35. The van der Waals surface area contributed by atoms with E-state index in [0.29, 0.717) is 29.5 Å². The number of rotatable bonds is 8. The maximum atomic E-state index is 12.6. The molecular weight excluding hydrogens is 378 g/mol. The molecule has 0 bridgehead atoms. The van der Waals surface area contributed by atoms with E-state index in [0.717, 1.165) is 4.88 Å². The second-order valence-electron chi connectivity index (χ2n) is 5.78. The Morgan fingerprint density at radius 1 is 1.15 bits per heavy atom. The number of thiazole rings is 1. The van der Waals surface area contributed by atoms with Gasteiger partial charge in [-0.3, -0.25) is 14.9 Å². The van der Waals surface area contributed by atoms with E-state index < -0.39 is 0 Å². The topological polar surface area (TPSA) is 62.3 Å². The molecule has 3 rings (SSSR count). The van der Waals surface area contributed by atoms with Gasteiger partial charge >= 0.3 is 0 Å². The number of hydrogen-bond donors (Lipinski definition) is 1. The van der Waals surface area contributed by atoms with Crippen LogP contribution in [-0.2, 0) is 17.8 Å². The highest BCUT2D eigenvalue weighted by atomic mass is 32.1. The van der Waals surface area contributed by atoms with Crippen molar-refractivity contribution in [2.24, 2.45) is 0 Å². The number of hydrogen-bond acceptors (Lipinski definition) is 5. The molecule has 0 radical (unpaired) electrons. The third-order valence-electron chi connectivity index (χ3n) is 3.77. The smallest absolute Gasteiger partial charge is 0.257 e. The SMILES string of the molecule is C=CCN(Cc1cccs1)C(=O)Cc1csc(NC(=O)c2ccccc2)n1. The summed E-state index contributed by atoms with van der Waals surface area (Å²) < 4.78 is 0. The Kier molecular flexibility index (Phi) is 6.51. The first kappa shape index (κ1) is 19.0. The van der Waals surface area contributed by atoms with Gasteiger partial charge in [-0.15, -0.1) is 29.3 Å². The Hall–Kier alpha value is -2.77. The minimum atomic E-state index is -0.214. The van der Waals surface area contributed by atoms with Crippen molar-refractivity contribution in [3.63, 3.8) is 0 Å². The standard InChI is InChI=1S/C20H19N3O2S2/c1-2-10-23(13-17-9-6-11-26-17)18(24)12-16-14-27-20(21-16)22-19(25)15-7-4-3-5-8-15/h2-9,11,14H,1,10,12-13H2,(H,21,22,25). The van der Waals surface area contributed by atoms with E-state index in [4.69, 9.17) is 0 Å². The van der Waals surface area contributed by atoms with Crippen molar-refractivity contribution in [1.82, 2.24) is 9.88 Å². The van der Waals surface area contributed by atoms with Crippen molar-refractivity contribution in [3.05, 3.63) is 82.0 Å². The number of carbonyl (C=O) groups excluding carboxylic acids is 2. The van der Waals surface area contributed by atoms with Crippen LogP contribution in [0.2, 0.25) is 0 Å². The van der Waals surface area contributed by atoms with Crippen LogP contribution in [-0.4, -0.2) is 28.2 Å². The van der Waals surface area contributed by atoms with E-state index in [1.807, 2.05) is 35.7 Å². The zero-order valence-corrected chi connectivity index (χ0v) is 16.3. The predicted molar refractivity (Wildman–Crippen MR) is 110 cm³/mol. The monoisotopic (exact) mass is 397 g/mol. The van der Waals surface area contributed by atoms with E-state index in [1.165, 1.54) is 11.3 Å². The van der Waals surface area contributed by atoms with E-state index in [1.54, 1.807) is 39.8 Å². The summed E-state index contributed by atoms with van der Waals surface area (Å²) in [6, 6.07) is 12.9. The fourth-order valence-electron chi connectivity index (χ4n) is 2.47. The predicted octanol–water partition coefficient (Wildman–Crippen LogP) is 4.21. The lowest BCUT2D eigenvalue weighted by atomic mass is 10.2. The van der Waals surface area contributed by atoms with Crippen LogP contribution in [0.25, 0.3) is 0 Å². The Labute approximate surface area is 166 Å². The van der Waals surface area contributed by atoms with Crippen LogP contribution in [0.5, 0.6) is 0 Å². The zero-order chi connectivity index (χ0) is 19.1. The third-order valence-corrected chi connectivity index (χ3v) is 5.44. The molecule has 2 aromatic heterocycles. The van der Waals surface area contributed by atoms with Crippen molar-refractivity contribution in [3.8, 4) is 0 Å². The summed E-state index contributed by atoms with van der Waals surface area (Å²) in [4.78, 5) is 32.1. The van der Waals surface area contributed by atoms with Gasteiger partial charge in [0.2, 0.25) is 5.91 Å². The van der Waals surface area contributed by atoms with E-state index in [-0.39, 0.29) is 18.2 Å². The molecule has 1 aromatic carbocycles. The molecule has 3 aromatic rings. The molecule has 2 amide bonds. The molecule has 27 heavy (non-hydrogen) atoms. The largest absolute Gasteiger partial charge is 0.334 e. The molecule has 0 spiro atoms. The molecule has 0 saturated carbocycles. The van der Waals surface area contributed by atoms with Gasteiger partial charge in [0.1, 0.15) is 0 Å². The van der Waals surface area contributed by atoms with E-state index >= 15 is 0 Å². The summed E-state index contributed by atoms with van der Waals surface area (Å²) in [7, 11) is 0. The number of thiophene rings is 1. The van der Waals surface area contributed by atoms with Crippen LogP contribution in [0.3, 0.4) is 0 Å². The van der Waals surface area contributed by atoms with Gasteiger partial charge in [0, 0.05) is 22.4 Å². The molecule has 0 fully saturated rings. The van der Waals surface area contributed by atoms with Crippen LogP contribution in [0.1, 0.15) is 20.9 Å². The highest BCUT2D eigenvalue weighted by Gasteiger charge is 2.16. The van der Waals surface area contributed by atoms with Crippen LogP contribution in [0, 0.1) is 0 Å². The van der Waals surface area contributed by atoms with Crippen LogP contribution < -0.4 is 5.32 Å². The molecule has 1 N–H and O–H groups in total. The minimum absolute atomic E-state index is 0.0189. The van der Waals surface area contributed by atoms with Crippen molar-refractivity contribution in [2.75, 3.05) is 11.9 Å². The maximum Gasteiger partial charge on any atom is 0.257 e. The quantitative estimate of drug-likeness (QED) is 0.579. The maximum absolute atomic E-state index is 12.6. The lowest BCUT2D eigenvalue weighted by molar-refractivity contribution is -0.130.